The fourth-order valence-corrected chi connectivity index (χ4v) is 2.45. The number of aromatic amines is 1. The van der Waals surface area contributed by atoms with Crippen molar-refractivity contribution in [2.24, 2.45) is 5.92 Å². The van der Waals surface area contributed by atoms with Crippen molar-refractivity contribution < 1.29 is 9.59 Å². The van der Waals surface area contributed by atoms with Crippen LogP contribution in [0.15, 0.2) is 24.3 Å². The zero-order chi connectivity index (χ0) is 16.6. The predicted octanol–water partition coefficient (Wildman–Crippen LogP) is 4.23. The summed E-state index contributed by atoms with van der Waals surface area (Å²) in [6.45, 7) is 1.87. The van der Waals surface area contributed by atoms with Crippen molar-refractivity contribution in [3.63, 3.8) is 0 Å². The minimum Gasteiger partial charge on any atom is -0.340 e. The highest BCUT2D eigenvalue weighted by Gasteiger charge is 2.29. The molecule has 0 radical (unpaired) electrons. The van der Waals surface area contributed by atoms with E-state index in [9.17, 15) is 9.59 Å². The maximum Gasteiger partial charge on any atom is 0.272 e. The van der Waals surface area contributed by atoms with Gasteiger partial charge in [-0.2, -0.15) is 0 Å². The summed E-state index contributed by atoms with van der Waals surface area (Å²) in [6, 6.07) is 6.85. The number of amides is 2. The molecule has 1 heterocycles. The van der Waals surface area contributed by atoms with Gasteiger partial charge in [-0.3, -0.25) is 9.59 Å². The normalized spacial score (nSPS) is 13.7. The average molecular weight is 352 g/mol. The molecule has 5 nitrogen and oxygen atoms in total. The quantitative estimate of drug-likeness (QED) is 0.770. The molecule has 1 aliphatic rings. The second-order valence-corrected chi connectivity index (χ2v) is 6.38. The monoisotopic (exact) mass is 351 g/mol. The molecule has 0 unspecified atom stereocenters. The van der Waals surface area contributed by atoms with Crippen LogP contribution in [0.2, 0.25) is 10.2 Å². The molecule has 120 valence electrons. The number of rotatable bonds is 4. The fourth-order valence-electron chi connectivity index (χ4n) is 2.14. The van der Waals surface area contributed by atoms with Crippen LogP contribution in [0.1, 0.15) is 28.9 Å². The van der Waals surface area contributed by atoms with Crippen molar-refractivity contribution in [1.29, 1.82) is 0 Å². The van der Waals surface area contributed by atoms with Crippen LogP contribution in [0.25, 0.3) is 0 Å². The van der Waals surface area contributed by atoms with Gasteiger partial charge in [-0.05, 0) is 43.5 Å². The van der Waals surface area contributed by atoms with Gasteiger partial charge in [0.05, 0.1) is 5.02 Å². The van der Waals surface area contributed by atoms with Gasteiger partial charge in [-0.25, -0.2) is 0 Å². The fraction of sp³-hybridized carbons (Fsp3) is 0.250. The van der Waals surface area contributed by atoms with Gasteiger partial charge in [0.2, 0.25) is 5.91 Å². The van der Waals surface area contributed by atoms with Crippen LogP contribution in [-0.4, -0.2) is 16.8 Å². The third kappa shape index (κ3) is 3.68. The standard InChI is InChI=1S/C16H15Cl2N3O2/c1-8-2-5-10(19-15(22)9-3-4-9)6-12(8)21-16(23)13-7-11(17)14(18)20-13/h2,5-7,9,20H,3-4H2,1H3,(H,19,22)(H,21,23). The Morgan fingerprint density at radius 1 is 1.17 bits per heavy atom. The molecule has 3 N–H and O–H groups in total. The van der Waals surface area contributed by atoms with Crippen molar-refractivity contribution >= 4 is 46.4 Å². The van der Waals surface area contributed by atoms with E-state index in [0.717, 1.165) is 18.4 Å². The highest BCUT2D eigenvalue weighted by atomic mass is 35.5. The second kappa shape index (κ2) is 6.26. The van der Waals surface area contributed by atoms with Crippen LogP contribution in [0.3, 0.4) is 0 Å². The Kier molecular flexibility index (Phi) is 4.33. The first-order chi connectivity index (χ1) is 10.9. The van der Waals surface area contributed by atoms with E-state index in [1.807, 2.05) is 19.1 Å². The third-order valence-electron chi connectivity index (χ3n) is 3.67. The third-order valence-corrected chi connectivity index (χ3v) is 4.36. The molecule has 1 aromatic heterocycles. The van der Waals surface area contributed by atoms with Gasteiger partial charge in [0, 0.05) is 17.3 Å². The van der Waals surface area contributed by atoms with E-state index in [4.69, 9.17) is 23.2 Å². The summed E-state index contributed by atoms with van der Waals surface area (Å²) in [5, 5.41) is 6.16. The number of hydrogen-bond donors (Lipinski definition) is 3. The van der Waals surface area contributed by atoms with Gasteiger partial charge in [0.1, 0.15) is 10.8 Å². The van der Waals surface area contributed by atoms with E-state index in [2.05, 4.69) is 15.6 Å². The lowest BCUT2D eigenvalue weighted by molar-refractivity contribution is -0.117. The Labute approximate surface area is 143 Å². The molecular formula is C16H15Cl2N3O2. The highest BCUT2D eigenvalue weighted by molar-refractivity contribution is 6.41. The molecule has 0 bridgehead atoms. The molecule has 3 rings (SSSR count). The van der Waals surface area contributed by atoms with Crippen molar-refractivity contribution in [1.82, 2.24) is 4.98 Å². The number of hydrogen-bond acceptors (Lipinski definition) is 2. The number of carbonyl (C=O) groups is 2. The molecule has 0 saturated heterocycles. The minimum atomic E-state index is -0.354. The summed E-state index contributed by atoms with van der Waals surface area (Å²) in [6.07, 6.45) is 1.88. The lowest BCUT2D eigenvalue weighted by atomic mass is 10.1. The lowest BCUT2D eigenvalue weighted by Gasteiger charge is -2.11. The Hall–Kier alpha value is -1.98. The topological polar surface area (TPSA) is 74.0 Å². The predicted molar refractivity (Wildman–Crippen MR) is 91.3 cm³/mol. The van der Waals surface area contributed by atoms with Gasteiger partial charge < -0.3 is 15.6 Å². The Bertz CT molecular complexity index is 762. The van der Waals surface area contributed by atoms with E-state index < -0.39 is 0 Å². The first kappa shape index (κ1) is 15.9. The molecule has 7 heteroatoms. The second-order valence-electron chi connectivity index (χ2n) is 5.59. The minimum absolute atomic E-state index is 0.0223. The van der Waals surface area contributed by atoms with Gasteiger partial charge >= 0.3 is 0 Å². The average Bonchev–Trinajstić information content (AvgIpc) is 3.29. The molecule has 1 saturated carbocycles. The van der Waals surface area contributed by atoms with Gasteiger partial charge in [0.25, 0.3) is 5.91 Å². The lowest BCUT2D eigenvalue weighted by Crippen LogP contribution is -2.15. The smallest absolute Gasteiger partial charge is 0.272 e. The van der Waals surface area contributed by atoms with Crippen molar-refractivity contribution in [2.75, 3.05) is 10.6 Å². The van der Waals surface area contributed by atoms with Crippen LogP contribution in [0.4, 0.5) is 11.4 Å². The summed E-state index contributed by atoms with van der Waals surface area (Å²) in [5.41, 5.74) is 2.43. The molecule has 1 aromatic carbocycles. The molecule has 0 spiro atoms. The van der Waals surface area contributed by atoms with Crippen molar-refractivity contribution in [2.45, 2.75) is 19.8 Å². The van der Waals surface area contributed by atoms with Gasteiger partial charge in [-0.15, -0.1) is 0 Å². The Morgan fingerprint density at radius 3 is 2.52 bits per heavy atom. The van der Waals surface area contributed by atoms with E-state index in [1.54, 1.807) is 6.07 Å². The zero-order valence-electron chi connectivity index (χ0n) is 12.4. The summed E-state index contributed by atoms with van der Waals surface area (Å²) in [5.74, 6) is -0.209. The molecule has 1 aliphatic carbocycles. The number of H-pyrrole nitrogens is 1. The first-order valence-corrected chi connectivity index (χ1v) is 7.96. The number of aryl methyl sites for hydroxylation is 1. The number of anilines is 2. The molecule has 2 aromatic rings. The summed E-state index contributed by atoms with van der Waals surface area (Å²) < 4.78 is 0. The van der Waals surface area contributed by atoms with E-state index in [-0.39, 0.29) is 28.6 Å². The van der Waals surface area contributed by atoms with Crippen LogP contribution in [-0.2, 0) is 4.79 Å². The van der Waals surface area contributed by atoms with E-state index in [0.29, 0.717) is 16.4 Å². The molecule has 0 atom stereocenters. The Morgan fingerprint density at radius 2 is 1.91 bits per heavy atom. The molecule has 0 aliphatic heterocycles. The number of nitrogens with one attached hydrogen (secondary N) is 3. The van der Waals surface area contributed by atoms with Crippen LogP contribution in [0, 0.1) is 12.8 Å². The van der Waals surface area contributed by atoms with E-state index in [1.165, 1.54) is 6.07 Å². The zero-order valence-corrected chi connectivity index (χ0v) is 13.9. The van der Waals surface area contributed by atoms with Crippen LogP contribution in [0.5, 0.6) is 0 Å². The van der Waals surface area contributed by atoms with Crippen molar-refractivity contribution in [3.05, 3.63) is 45.7 Å². The SMILES string of the molecule is Cc1ccc(NC(=O)C2CC2)cc1NC(=O)c1cc(Cl)c(Cl)[nH]1. The maximum atomic E-state index is 12.2. The maximum absolute atomic E-state index is 12.2. The van der Waals surface area contributed by atoms with Crippen LogP contribution >= 0.6 is 23.2 Å². The largest absolute Gasteiger partial charge is 0.340 e. The molecule has 2 amide bonds. The molecule has 1 fully saturated rings. The summed E-state index contributed by atoms with van der Waals surface area (Å²) >= 11 is 11.6. The van der Waals surface area contributed by atoms with Gasteiger partial charge in [-0.1, -0.05) is 29.3 Å². The molecule has 23 heavy (non-hydrogen) atoms. The number of benzene rings is 1. The van der Waals surface area contributed by atoms with E-state index >= 15 is 0 Å². The summed E-state index contributed by atoms with van der Waals surface area (Å²) in [7, 11) is 0. The Balaban J connectivity index is 1.75. The molecular weight excluding hydrogens is 337 g/mol. The highest BCUT2D eigenvalue weighted by Crippen LogP contribution is 2.31. The first-order valence-electron chi connectivity index (χ1n) is 7.21. The number of aromatic nitrogens is 1. The van der Waals surface area contributed by atoms with Crippen molar-refractivity contribution in [3.8, 4) is 0 Å². The van der Waals surface area contributed by atoms with Gasteiger partial charge in [0.15, 0.2) is 0 Å². The summed E-state index contributed by atoms with van der Waals surface area (Å²) in [4.78, 5) is 26.8. The van der Waals surface area contributed by atoms with Crippen LogP contribution < -0.4 is 10.6 Å². The number of carbonyl (C=O) groups excluding carboxylic acids is 2. The number of halogens is 2.